The smallest absolute Gasteiger partial charge is 0.270 e. The molecule has 1 aromatic heterocycles. The van der Waals surface area contributed by atoms with E-state index in [-0.39, 0.29) is 17.1 Å². The number of halogens is 1. The maximum absolute atomic E-state index is 11.9. The van der Waals surface area contributed by atoms with E-state index in [1.165, 1.54) is 36.7 Å². The van der Waals surface area contributed by atoms with E-state index in [2.05, 4.69) is 31.2 Å². The Morgan fingerprint density at radius 2 is 2.11 bits per heavy atom. The molecule has 1 N–H and O–H groups in total. The number of nitro groups is 1. The van der Waals surface area contributed by atoms with E-state index in [1.807, 2.05) is 0 Å². The Hall–Kier alpha value is -2.35. The molecule has 0 unspecified atom stereocenters. The van der Waals surface area contributed by atoms with Gasteiger partial charge in [-0.3, -0.25) is 14.9 Å². The number of benzene rings is 1. The number of hydrogen-bond donors (Lipinski definition) is 1. The lowest BCUT2D eigenvalue weighted by Crippen LogP contribution is -2.13. The largest absolute Gasteiger partial charge is 0.305 e. The Labute approximate surface area is 116 Å². The number of hydrogen-bond acceptors (Lipinski definition) is 5. The quantitative estimate of drug-likeness (QED) is 0.691. The van der Waals surface area contributed by atoms with Gasteiger partial charge >= 0.3 is 0 Å². The van der Waals surface area contributed by atoms with Crippen molar-refractivity contribution in [3.05, 3.63) is 56.9 Å². The lowest BCUT2D eigenvalue weighted by atomic mass is 10.2. The molecule has 0 fully saturated rings. The van der Waals surface area contributed by atoms with Gasteiger partial charge in [0, 0.05) is 17.7 Å². The first-order chi connectivity index (χ1) is 9.06. The summed E-state index contributed by atoms with van der Waals surface area (Å²) in [5, 5.41) is 13.1. The van der Waals surface area contributed by atoms with E-state index in [1.54, 1.807) is 0 Å². The fraction of sp³-hybridized carbons (Fsp3) is 0. The van der Waals surface area contributed by atoms with Gasteiger partial charge in [0.2, 0.25) is 0 Å². The van der Waals surface area contributed by atoms with Gasteiger partial charge in [-0.2, -0.15) is 0 Å². The molecule has 0 bridgehead atoms. The highest BCUT2D eigenvalue weighted by Gasteiger charge is 2.12. The van der Waals surface area contributed by atoms with Crippen LogP contribution in [0.2, 0.25) is 0 Å². The number of anilines is 1. The lowest BCUT2D eigenvalue weighted by molar-refractivity contribution is -0.384. The molecule has 0 aliphatic rings. The number of carbonyl (C=O) groups excluding carboxylic acids is 1. The van der Waals surface area contributed by atoms with Gasteiger partial charge in [-0.25, -0.2) is 9.97 Å². The maximum atomic E-state index is 11.9. The molecule has 96 valence electrons. The predicted molar refractivity (Wildman–Crippen MR) is 70.8 cm³/mol. The Morgan fingerprint density at radius 1 is 1.32 bits per heavy atom. The van der Waals surface area contributed by atoms with Crippen molar-refractivity contribution in [2.75, 3.05) is 5.32 Å². The van der Waals surface area contributed by atoms with E-state index < -0.39 is 10.8 Å². The first kappa shape index (κ1) is 13.1. The van der Waals surface area contributed by atoms with Crippen molar-refractivity contribution in [2.24, 2.45) is 0 Å². The normalized spacial score (nSPS) is 9.95. The summed E-state index contributed by atoms with van der Waals surface area (Å²) in [6, 6.07) is 5.44. The molecule has 1 heterocycles. The lowest BCUT2D eigenvalue weighted by Gasteiger charge is -2.03. The van der Waals surface area contributed by atoms with Crippen molar-refractivity contribution in [1.29, 1.82) is 0 Å². The summed E-state index contributed by atoms with van der Waals surface area (Å²) in [7, 11) is 0. The van der Waals surface area contributed by atoms with Gasteiger partial charge in [-0.15, -0.1) is 0 Å². The van der Waals surface area contributed by atoms with Crippen molar-refractivity contribution in [3.63, 3.8) is 0 Å². The standard InChI is InChI=1S/C11H7BrN4O3/c12-9-5-14-10(6-13-9)15-11(17)7-2-1-3-8(4-7)16(18)19/h1-6H,(H,14,15,17). The van der Waals surface area contributed by atoms with Crippen LogP contribution in [0.4, 0.5) is 11.5 Å². The van der Waals surface area contributed by atoms with E-state index in [0.717, 1.165) is 0 Å². The molecule has 0 radical (unpaired) electrons. The predicted octanol–water partition coefficient (Wildman–Crippen LogP) is 2.40. The van der Waals surface area contributed by atoms with Crippen molar-refractivity contribution >= 4 is 33.3 Å². The van der Waals surface area contributed by atoms with Crippen LogP contribution >= 0.6 is 15.9 Å². The van der Waals surface area contributed by atoms with E-state index >= 15 is 0 Å². The third kappa shape index (κ3) is 3.32. The summed E-state index contributed by atoms with van der Waals surface area (Å²) in [4.78, 5) is 29.7. The van der Waals surface area contributed by atoms with Crippen molar-refractivity contribution in [3.8, 4) is 0 Å². The van der Waals surface area contributed by atoms with Crippen LogP contribution in [0.3, 0.4) is 0 Å². The summed E-state index contributed by atoms with van der Waals surface area (Å²) in [5.74, 6) is -0.222. The van der Waals surface area contributed by atoms with Gasteiger partial charge in [0.25, 0.3) is 11.6 Å². The highest BCUT2D eigenvalue weighted by molar-refractivity contribution is 9.10. The van der Waals surface area contributed by atoms with Crippen molar-refractivity contribution in [2.45, 2.75) is 0 Å². The molecule has 0 saturated carbocycles. The first-order valence-electron chi connectivity index (χ1n) is 5.09. The van der Waals surface area contributed by atoms with Gasteiger partial charge in [-0.05, 0) is 22.0 Å². The second-order valence-electron chi connectivity index (χ2n) is 3.49. The number of amides is 1. The van der Waals surface area contributed by atoms with Gasteiger partial charge in [-0.1, -0.05) is 6.07 Å². The molecule has 8 heteroatoms. The Morgan fingerprint density at radius 3 is 2.74 bits per heavy atom. The molecule has 1 amide bonds. The zero-order valence-electron chi connectivity index (χ0n) is 9.41. The van der Waals surface area contributed by atoms with Gasteiger partial charge in [0.15, 0.2) is 5.82 Å². The molecule has 0 atom stereocenters. The third-order valence-electron chi connectivity index (χ3n) is 2.18. The van der Waals surface area contributed by atoms with Crippen LogP contribution in [-0.2, 0) is 0 Å². The molecular formula is C11H7BrN4O3. The van der Waals surface area contributed by atoms with E-state index in [0.29, 0.717) is 4.60 Å². The second-order valence-corrected chi connectivity index (χ2v) is 4.30. The highest BCUT2D eigenvalue weighted by atomic mass is 79.9. The number of nitrogens with one attached hydrogen (secondary N) is 1. The highest BCUT2D eigenvalue weighted by Crippen LogP contribution is 2.14. The van der Waals surface area contributed by atoms with Gasteiger partial charge in [0.05, 0.1) is 17.3 Å². The topological polar surface area (TPSA) is 98.0 Å². The molecule has 2 rings (SSSR count). The summed E-state index contributed by atoms with van der Waals surface area (Å²) in [6.07, 6.45) is 2.81. The van der Waals surface area contributed by atoms with Crippen LogP contribution in [0.25, 0.3) is 0 Å². The monoisotopic (exact) mass is 322 g/mol. The van der Waals surface area contributed by atoms with Crippen LogP contribution in [0, 0.1) is 10.1 Å². The number of aromatic nitrogens is 2. The minimum atomic E-state index is -0.559. The Kier molecular flexibility index (Phi) is 3.81. The summed E-state index contributed by atoms with van der Waals surface area (Å²) in [5.41, 5.74) is 0.0356. The first-order valence-corrected chi connectivity index (χ1v) is 5.89. The maximum Gasteiger partial charge on any atom is 0.270 e. The van der Waals surface area contributed by atoms with Crippen molar-refractivity contribution in [1.82, 2.24) is 9.97 Å². The minimum absolute atomic E-state index is 0.144. The molecule has 0 saturated heterocycles. The second kappa shape index (κ2) is 5.53. The fourth-order valence-electron chi connectivity index (χ4n) is 1.33. The fourth-order valence-corrected chi connectivity index (χ4v) is 1.53. The number of nitrogens with zero attached hydrogens (tertiary/aromatic N) is 3. The average molecular weight is 323 g/mol. The summed E-state index contributed by atoms with van der Waals surface area (Å²) < 4.78 is 0.542. The molecule has 1 aromatic carbocycles. The average Bonchev–Trinajstić information content (AvgIpc) is 2.41. The van der Waals surface area contributed by atoms with Gasteiger partial charge < -0.3 is 5.32 Å². The molecule has 0 spiro atoms. The van der Waals surface area contributed by atoms with Crippen LogP contribution in [0.5, 0.6) is 0 Å². The Bertz CT molecular complexity index is 630. The third-order valence-corrected chi connectivity index (χ3v) is 2.59. The molecule has 7 nitrogen and oxygen atoms in total. The molecule has 0 aliphatic heterocycles. The van der Waals surface area contributed by atoms with Crippen LogP contribution < -0.4 is 5.32 Å². The Balaban J connectivity index is 2.18. The van der Waals surface area contributed by atoms with Crippen molar-refractivity contribution < 1.29 is 9.72 Å². The zero-order valence-corrected chi connectivity index (χ0v) is 11.0. The minimum Gasteiger partial charge on any atom is -0.305 e. The van der Waals surface area contributed by atoms with E-state index in [4.69, 9.17) is 0 Å². The molecule has 0 aliphatic carbocycles. The summed E-state index contributed by atoms with van der Waals surface area (Å²) in [6.45, 7) is 0. The number of non-ortho nitro benzene ring substituents is 1. The number of rotatable bonds is 3. The molecule has 19 heavy (non-hydrogen) atoms. The SMILES string of the molecule is O=C(Nc1cnc(Br)cn1)c1cccc([N+](=O)[O-])c1. The zero-order chi connectivity index (χ0) is 13.8. The molecular weight excluding hydrogens is 316 g/mol. The van der Waals surface area contributed by atoms with E-state index in [9.17, 15) is 14.9 Å². The number of carbonyl (C=O) groups is 1. The van der Waals surface area contributed by atoms with Crippen LogP contribution in [0.1, 0.15) is 10.4 Å². The van der Waals surface area contributed by atoms with Crippen LogP contribution in [0.15, 0.2) is 41.3 Å². The van der Waals surface area contributed by atoms with Gasteiger partial charge in [0.1, 0.15) is 4.60 Å². The molecule has 2 aromatic rings. The number of nitro benzene ring substituents is 1. The van der Waals surface area contributed by atoms with Crippen LogP contribution in [-0.4, -0.2) is 20.8 Å². The summed E-state index contributed by atoms with van der Waals surface area (Å²) >= 11 is 3.12.